The molecule has 6 heteroatoms. The van der Waals surface area contributed by atoms with Crippen molar-refractivity contribution in [1.29, 1.82) is 0 Å². The largest absolute Gasteiger partial charge is 0.487 e. The molecule has 0 fully saturated rings. The Hall–Kier alpha value is -2.34. The Balaban J connectivity index is 2.24. The lowest BCUT2D eigenvalue weighted by Crippen LogP contribution is -2.31. The minimum atomic E-state index is -0.377. The number of rotatable bonds is 5. The number of carbonyl (C=O) groups excluding carboxylic acids is 1. The van der Waals surface area contributed by atoms with E-state index in [1.54, 1.807) is 6.92 Å². The fraction of sp³-hybridized carbons (Fsp3) is 0.375. The van der Waals surface area contributed by atoms with E-state index in [2.05, 4.69) is 41.6 Å². The van der Waals surface area contributed by atoms with Crippen molar-refractivity contribution in [3.8, 4) is 5.75 Å². The molecule has 0 unspecified atom stereocenters. The van der Waals surface area contributed by atoms with E-state index >= 15 is 0 Å². The number of ether oxygens (including phenoxy) is 1. The van der Waals surface area contributed by atoms with Crippen molar-refractivity contribution in [2.45, 2.75) is 40.2 Å². The minimum absolute atomic E-state index is 0.205. The number of aromatic amines is 1. The summed E-state index contributed by atoms with van der Waals surface area (Å²) in [6, 6.07) is 6.13. The first-order valence-corrected chi connectivity index (χ1v) is 7.22. The second kappa shape index (κ2) is 6.62. The van der Waals surface area contributed by atoms with Crippen LogP contribution >= 0.6 is 0 Å². The molecule has 4 N–H and O–H groups in total. The van der Waals surface area contributed by atoms with Gasteiger partial charge in [0.1, 0.15) is 18.1 Å². The van der Waals surface area contributed by atoms with Gasteiger partial charge in [-0.2, -0.15) is 5.10 Å². The topological polar surface area (TPSA) is 93.0 Å². The van der Waals surface area contributed by atoms with Gasteiger partial charge >= 0.3 is 0 Å². The van der Waals surface area contributed by atoms with Crippen LogP contribution in [0.4, 0.5) is 0 Å². The number of benzene rings is 1. The van der Waals surface area contributed by atoms with Crippen molar-refractivity contribution in [3.63, 3.8) is 0 Å². The van der Waals surface area contributed by atoms with Crippen molar-refractivity contribution in [2.24, 2.45) is 5.84 Å². The highest BCUT2D eigenvalue weighted by atomic mass is 16.5. The highest BCUT2D eigenvalue weighted by Crippen LogP contribution is 2.28. The van der Waals surface area contributed by atoms with Crippen LogP contribution in [0.15, 0.2) is 18.2 Å². The highest BCUT2D eigenvalue weighted by Gasteiger charge is 2.18. The predicted octanol–water partition coefficient (Wildman–Crippen LogP) is 2.33. The maximum absolute atomic E-state index is 11.8. The smallest absolute Gasteiger partial charge is 0.269 e. The fourth-order valence-corrected chi connectivity index (χ4v) is 2.35. The Labute approximate surface area is 130 Å². The third-order valence-electron chi connectivity index (χ3n) is 3.54. The van der Waals surface area contributed by atoms with Crippen LogP contribution in [0.1, 0.15) is 52.6 Å². The normalized spacial score (nSPS) is 10.8. The molecular weight excluding hydrogens is 280 g/mol. The maximum atomic E-state index is 11.8. The molecule has 2 aromatic rings. The van der Waals surface area contributed by atoms with Gasteiger partial charge in [-0.15, -0.1) is 0 Å². The molecule has 1 aromatic heterocycles. The number of hydrogen-bond donors (Lipinski definition) is 3. The lowest BCUT2D eigenvalue weighted by Gasteiger charge is -2.14. The number of aromatic nitrogens is 2. The second-order valence-electron chi connectivity index (χ2n) is 5.63. The molecule has 1 aromatic carbocycles. The zero-order valence-electron chi connectivity index (χ0n) is 13.4. The number of nitrogens with two attached hydrogens (primary N) is 1. The molecule has 6 nitrogen and oxygen atoms in total. The molecule has 0 spiro atoms. The van der Waals surface area contributed by atoms with Crippen LogP contribution < -0.4 is 16.0 Å². The van der Waals surface area contributed by atoms with Gasteiger partial charge in [-0.3, -0.25) is 15.3 Å². The van der Waals surface area contributed by atoms with Gasteiger partial charge in [0.15, 0.2) is 0 Å². The van der Waals surface area contributed by atoms with E-state index in [-0.39, 0.29) is 12.5 Å². The second-order valence-corrected chi connectivity index (χ2v) is 5.63. The fourth-order valence-electron chi connectivity index (χ4n) is 2.35. The van der Waals surface area contributed by atoms with Gasteiger partial charge in [-0.1, -0.05) is 26.0 Å². The van der Waals surface area contributed by atoms with Gasteiger partial charge in [0.2, 0.25) is 0 Å². The van der Waals surface area contributed by atoms with Crippen molar-refractivity contribution >= 4 is 5.91 Å². The summed E-state index contributed by atoms with van der Waals surface area (Å²) in [5, 5.41) is 6.92. The van der Waals surface area contributed by atoms with Gasteiger partial charge < -0.3 is 4.74 Å². The molecule has 0 atom stereocenters. The lowest BCUT2D eigenvalue weighted by molar-refractivity contribution is 0.0950. The number of H-pyrrole nitrogens is 1. The number of hydrogen-bond acceptors (Lipinski definition) is 4. The molecule has 0 aliphatic carbocycles. The third kappa shape index (κ3) is 3.28. The zero-order chi connectivity index (χ0) is 16.3. The molecule has 118 valence electrons. The number of amides is 1. The summed E-state index contributed by atoms with van der Waals surface area (Å²) in [5.74, 6) is 6.00. The molecule has 0 aliphatic heterocycles. The molecule has 2 rings (SSSR count). The first kappa shape index (κ1) is 16.0. The summed E-state index contributed by atoms with van der Waals surface area (Å²) < 4.78 is 5.91. The van der Waals surface area contributed by atoms with E-state index in [1.807, 2.05) is 13.0 Å². The first-order valence-electron chi connectivity index (χ1n) is 7.22. The van der Waals surface area contributed by atoms with Gasteiger partial charge in [0.05, 0.1) is 5.56 Å². The predicted molar refractivity (Wildman–Crippen MR) is 84.6 cm³/mol. The van der Waals surface area contributed by atoms with Crippen LogP contribution in [0.2, 0.25) is 0 Å². The zero-order valence-corrected chi connectivity index (χ0v) is 13.4. The Kier molecular flexibility index (Phi) is 4.82. The Morgan fingerprint density at radius 2 is 2.14 bits per heavy atom. The molecular formula is C16H22N4O2. The molecule has 0 radical (unpaired) electrons. The number of nitrogens with zero attached hydrogens (tertiary/aromatic N) is 1. The summed E-state index contributed by atoms with van der Waals surface area (Å²) in [7, 11) is 0. The van der Waals surface area contributed by atoms with Crippen molar-refractivity contribution in [3.05, 3.63) is 46.3 Å². The standard InChI is InChI=1S/C16H22N4O2/c1-9(2)12-6-5-10(3)7-14(12)22-8-13-15(16(21)18-17)11(4)19-20-13/h5-7,9H,8,17H2,1-4H3,(H,18,21)(H,19,20). The summed E-state index contributed by atoms with van der Waals surface area (Å²) in [5.41, 5.74) is 6.01. The summed E-state index contributed by atoms with van der Waals surface area (Å²) in [4.78, 5) is 11.8. The Bertz CT molecular complexity index is 677. The van der Waals surface area contributed by atoms with E-state index in [1.165, 1.54) is 0 Å². The lowest BCUT2D eigenvalue weighted by atomic mass is 10.0. The van der Waals surface area contributed by atoms with E-state index in [0.29, 0.717) is 22.9 Å². The van der Waals surface area contributed by atoms with Crippen LogP contribution in [-0.2, 0) is 6.61 Å². The van der Waals surface area contributed by atoms with Gasteiger partial charge in [0.25, 0.3) is 5.91 Å². The van der Waals surface area contributed by atoms with Crippen LogP contribution in [0.5, 0.6) is 5.75 Å². The van der Waals surface area contributed by atoms with Crippen LogP contribution in [0.25, 0.3) is 0 Å². The third-order valence-corrected chi connectivity index (χ3v) is 3.54. The number of hydrazine groups is 1. The molecule has 1 amide bonds. The van der Waals surface area contributed by atoms with E-state index in [4.69, 9.17) is 10.6 Å². The van der Waals surface area contributed by atoms with Gasteiger partial charge in [-0.05, 0) is 37.0 Å². The maximum Gasteiger partial charge on any atom is 0.269 e. The average molecular weight is 302 g/mol. The number of nitrogens with one attached hydrogen (secondary N) is 2. The van der Waals surface area contributed by atoms with E-state index in [9.17, 15) is 4.79 Å². The molecule has 0 bridgehead atoms. The Morgan fingerprint density at radius 1 is 1.41 bits per heavy atom. The van der Waals surface area contributed by atoms with Gasteiger partial charge in [-0.25, -0.2) is 5.84 Å². The average Bonchev–Trinajstić information content (AvgIpc) is 2.85. The summed E-state index contributed by atoms with van der Waals surface area (Å²) in [6.07, 6.45) is 0. The van der Waals surface area contributed by atoms with Crippen molar-refractivity contribution < 1.29 is 9.53 Å². The molecule has 0 saturated carbocycles. The van der Waals surface area contributed by atoms with Gasteiger partial charge in [0, 0.05) is 5.69 Å². The highest BCUT2D eigenvalue weighted by molar-refractivity contribution is 5.95. The number of nitrogen functional groups attached to an aromatic ring is 1. The molecule has 22 heavy (non-hydrogen) atoms. The van der Waals surface area contributed by atoms with E-state index in [0.717, 1.165) is 16.9 Å². The first-order chi connectivity index (χ1) is 10.4. The Morgan fingerprint density at radius 3 is 2.77 bits per heavy atom. The minimum Gasteiger partial charge on any atom is -0.487 e. The van der Waals surface area contributed by atoms with E-state index < -0.39 is 0 Å². The monoisotopic (exact) mass is 302 g/mol. The van der Waals surface area contributed by atoms with Crippen molar-refractivity contribution in [1.82, 2.24) is 15.6 Å². The number of aryl methyl sites for hydroxylation is 2. The van der Waals surface area contributed by atoms with Crippen LogP contribution in [0, 0.1) is 13.8 Å². The van der Waals surface area contributed by atoms with Crippen LogP contribution in [-0.4, -0.2) is 16.1 Å². The molecule has 1 heterocycles. The SMILES string of the molecule is Cc1ccc(C(C)C)c(OCc2n[nH]c(C)c2C(=O)NN)c1. The quantitative estimate of drug-likeness (QED) is 0.449. The summed E-state index contributed by atoms with van der Waals surface area (Å²) in [6.45, 7) is 8.22. The number of carbonyl (C=O) groups is 1. The van der Waals surface area contributed by atoms with Crippen LogP contribution in [0.3, 0.4) is 0 Å². The van der Waals surface area contributed by atoms with Crippen molar-refractivity contribution in [2.75, 3.05) is 0 Å². The molecule has 0 saturated heterocycles. The molecule has 0 aliphatic rings. The summed E-state index contributed by atoms with van der Waals surface area (Å²) >= 11 is 0.